The summed E-state index contributed by atoms with van der Waals surface area (Å²) in [6, 6.07) is 5.66. The molecule has 1 amide bonds. The van der Waals surface area contributed by atoms with Crippen LogP contribution in [0.3, 0.4) is 0 Å². The van der Waals surface area contributed by atoms with E-state index < -0.39 is 4.75 Å². The van der Waals surface area contributed by atoms with Gasteiger partial charge in [-0.2, -0.15) is 0 Å². The lowest BCUT2D eigenvalue weighted by Gasteiger charge is -2.29. The molecule has 0 saturated heterocycles. The number of nitrogens with one attached hydrogen (secondary N) is 1. The topological polar surface area (TPSA) is 38.3 Å². The summed E-state index contributed by atoms with van der Waals surface area (Å²) in [6.45, 7) is 3.82. The van der Waals surface area contributed by atoms with Gasteiger partial charge in [-0.15, -0.1) is 11.8 Å². The molecule has 0 saturated carbocycles. The third-order valence-electron chi connectivity index (χ3n) is 2.35. The van der Waals surface area contributed by atoms with Crippen LogP contribution in [0.4, 0.5) is 5.69 Å². The Bertz CT molecular complexity index is 415. The van der Waals surface area contributed by atoms with Crippen LogP contribution in [0.25, 0.3) is 0 Å². The molecule has 2 rings (SSSR count). The van der Waals surface area contributed by atoms with E-state index in [1.807, 2.05) is 32.0 Å². The number of carbonyl (C=O) groups excluding carboxylic acids is 1. The molecule has 80 valence electrons. The van der Waals surface area contributed by atoms with E-state index in [-0.39, 0.29) is 5.91 Å². The number of hydrogen-bond acceptors (Lipinski definition) is 3. The second kappa shape index (κ2) is 3.45. The van der Waals surface area contributed by atoms with Gasteiger partial charge >= 0.3 is 0 Å². The van der Waals surface area contributed by atoms with Gasteiger partial charge in [-0.05, 0) is 32.0 Å². The maximum absolute atomic E-state index is 11.7. The van der Waals surface area contributed by atoms with Crippen LogP contribution >= 0.6 is 11.8 Å². The molecule has 1 heterocycles. The summed E-state index contributed by atoms with van der Waals surface area (Å²) in [5.74, 6) is 0.860. The van der Waals surface area contributed by atoms with Crippen LogP contribution in [-0.4, -0.2) is 17.8 Å². The molecule has 0 aliphatic carbocycles. The molecule has 0 unspecified atom stereocenters. The number of carbonyl (C=O) groups is 1. The van der Waals surface area contributed by atoms with Gasteiger partial charge in [0, 0.05) is 4.90 Å². The van der Waals surface area contributed by atoms with Crippen molar-refractivity contribution in [3.05, 3.63) is 18.2 Å². The van der Waals surface area contributed by atoms with Crippen molar-refractivity contribution in [2.75, 3.05) is 12.4 Å². The zero-order chi connectivity index (χ0) is 11.1. The van der Waals surface area contributed by atoms with E-state index in [0.717, 1.165) is 16.3 Å². The minimum atomic E-state index is -0.417. The number of hydrogen-bond donors (Lipinski definition) is 1. The summed E-state index contributed by atoms with van der Waals surface area (Å²) in [6.07, 6.45) is 0. The average Bonchev–Trinajstić information content (AvgIpc) is 2.18. The molecular weight excluding hydrogens is 210 g/mol. The highest BCUT2D eigenvalue weighted by Crippen LogP contribution is 2.43. The molecule has 0 atom stereocenters. The number of thioether (sulfide) groups is 1. The molecule has 3 nitrogen and oxygen atoms in total. The summed E-state index contributed by atoms with van der Waals surface area (Å²) >= 11 is 1.56. The van der Waals surface area contributed by atoms with Gasteiger partial charge in [-0.3, -0.25) is 4.79 Å². The Labute approximate surface area is 93.2 Å². The van der Waals surface area contributed by atoms with E-state index in [0.29, 0.717) is 0 Å². The fourth-order valence-electron chi connectivity index (χ4n) is 1.41. The van der Waals surface area contributed by atoms with Gasteiger partial charge in [0.05, 0.1) is 17.5 Å². The number of ether oxygens (including phenoxy) is 1. The number of anilines is 1. The minimum Gasteiger partial charge on any atom is -0.497 e. The second-order valence-electron chi connectivity index (χ2n) is 3.93. The molecular formula is C11H13NO2S. The van der Waals surface area contributed by atoms with E-state index in [9.17, 15) is 4.79 Å². The van der Waals surface area contributed by atoms with Gasteiger partial charge in [-0.25, -0.2) is 0 Å². The van der Waals surface area contributed by atoms with Crippen LogP contribution in [0.2, 0.25) is 0 Å². The van der Waals surface area contributed by atoms with E-state index >= 15 is 0 Å². The van der Waals surface area contributed by atoms with Crippen LogP contribution in [0.1, 0.15) is 13.8 Å². The predicted molar refractivity (Wildman–Crippen MR) is 61.6 cm³/mol. The van der Waals surface area contributed by atoms with Crippen LogP contribution in [0, 0.1) is 0 Å². The molecule has 4 heteroatoms. The summed E-state index contributed by atoms with van der Waals surface area (Å²) in [4.78, 5) is 12.7. The molecule has 0 aromatic heterocycles. The average molecular weight is 223 g/mol. The number of benzene rings is 1. The first-order chi connectivity index (χ1) is 7.03. The number of fused-ring (bicyclic) bond motifs is 1. The smallest absolute Gasteiger partial charge is 0.240 e. The van der Waals surface area contributed by atoms with Crippen LogP contribution in [0.15, 0.2) is 23.1 Å². The quantitative estimate of drug-likeness (QED) is 0.795. The van der Waals surface area contributed by atoms with Crippen LogP contribution < -0.4 is 10.1 Å². The molecule has 1 N–H and O–H groups in total. The lowest BCUT2D eigenvalue weighted by Crippen LogP contribution is -2.36. The van der Waals surface area contributed by atoms with Gasteiger partial charge < -0.3 is 10.1 Å². The molecule has 0 bridgehead atoms. The van der Waals surface area contributed by atoms with E-state index in [2.05, 4.69) is 5.32 Å². The molecule has 1 aliphatic heterocycles. The summed E-state index contributed by atoms with van der Waals surface area (Å²) in [5.41, 5.74) is 0.866. The standard InChI is InChI=1S/C11H13NO2S/c1-11(2)10(13)12-8-5-4-7(14-3)6-9(8)15-11/h4-6H,1-3H3,(H,12,13). The highest BCUT2D eigenvalue weighted by atomic mass is 32.2. The number of rotatable bonds is 1. The van der Waals surface area contributed by atoms with Crippen molar-refractivity contribution in [2.45, 2.75) is 23.5 Å². The SMILES string of the molecule is COc1ccc2c(c1)SC(C)(C)C(=O)N2. The monoisotopic (exact) mass is 223 g/mol. The highest BCUT2D eigenvalue weighted by Gasteiger charge is 2.34. The van der Waals surface area contributed by atoms with Gasteiger partial charge in [0.25, 0.3) is 0 Å². The maximum Gasteiger partial charge on any atom is 0.240 e. The third kappa shape index (κ3) is 1.81. The maximum atomic E-state index is 11.7. The Morgan fingerprint density at radius 1 is 1.40 bits per heavy atom. The Hall–Kier alpha value is -1.16. The second-order valence-corrected chi connectivity index (χ2v) is 5.59. The van der Waals surface area contributed by atoms with Gasteiger partial charge in [0.2, 0.25) is 5.91 Å². The molecule has 1 aromatic rings. The lowest BCUT2D eigenvalue weighted by molar-refractivity contribution is -0.117. The molecule has 0 spiro atoms. The normalized spacial score (nSPS) is 17.9. The van der Waals surface area contributed by atoms with Crippen molar-refractivity contribution in [3.8, 4) is 5.75 Å². The molecule has 0 fully saturated rings. The van der Waals surface area contributed by atoms with E-state index in [1.54, 1.807) is 18.9 Å². The third-order valence-corrected chi connectivity index (χ3v) is 3.60. The largest absolute Gasteiger partial charge is 0.497 e. The van der Waals surface area contributed by atoms with Crippen molar-refractivity contribution in [1.29, 1.82) is 0 Å². The first-order valence-corrected chi connectivity index (χ1v) is 5.53. The Balaban J connectivity index is 2.42. The first-order valence-electron chi connectivity index (χ1n) is 4.71. The van der Waals surface area contributed by atoms with Crippen molar-refractivity contribution in [2.24, 2.45) is 0 Å². The van der Waals surface area contributed by atoms with Crippen molar-refractivity contribution < 1.29 is 9.53 Å². The molecule has 0 radical (unpaired) electrons. The summed E-state index contributed by atoms with van der Waals surface area (Å²) in [7, 11) is 1.64. The van der Waals surface area contributed by atoms with Crippen LogP contribution in [0.5, 0.6) is 5.75 Å². The fourth-order valence-corrected chi connectivity index (χ4v) is 2.51. The summed E-state index contributed by atoms with van der Waals surface area (Å²) in [5, 5.41) is 2.89. The van der Waals surface area contributed by atoms with Gasteiger partial charge in [0.1, 0.15) is 5.75 Å². The zero-order valence-electron chi connectivity index (χ0n) is 8.96. The first kappa shape index (κ1) is 10.4. The zero-order valence-corrected chi connectivity index (χ0v) is 9.77. The van der Waals surface area contributed by atoms with E-state index in [1.165, 1.54) is 0 Å². The van der Waals surface area contributed by atoms with Gasteiger partial charge in [-0.1, -0.05) is 0 Å². The highest BCUT2D eigenvalue weighted by molar-refractivity contribution is 8.01. The van der Waals surface area contributed by atoms with Crippen molar-refractivity contribution in [1.82, 2.24) is 0 Å². The molecule has 1 aliphatic rings. The van der Waals surface area contributed by atoms with Crippen molar-refractivity contribution in [3.63, 3.8) is 0 Å². The minimum absolute atomic E-state index is 0.0465. The van der Waals surface area contributed by atoms with Crippen LogP contribution in [-0.2, 0) is 4.79 Å². The van der Waals surface area contributed by atoms with Crippen molar-refractivity contribution >= 4 is 23.4 Å². The molecule has 15 heavy (non-hydrogen) atoms. The lowest BCUT2D eigenvalue weighted by atomic mass is 10.1. The fraction of sp³-hybridized carbons (Fsp3) is 0.364. The Kier molecular flexibility index (Phi) is 2.38. The Morgan fingerprint density at radius 2 is 2.13 bits per heavy atom. The Morgan fingerprint density at radius 3 is 2.80 bits per heavy atom. The van der Waals surface area contributed by atoms with E-state index in [4.69, 9.17) is 4.74 Å². The number of amides is 1. The molecule has 1 aromatic carbocycles. The predicted octanol–water partition coefficient (Wildman–Crippen LogP) is 2.52. The summed E-state index contributed by atoms with van der Waals surface area (Å²) < 4.78 is 4.73. The van der Waals surface area contributed by atoms with Gasteiger partial charge in [0.15, 0.2) is 0 Å². The number of methoxy groups -OCH3 is 1.